The molecule has 0 N–H and O–H groups in total. The lowest BCUT2D eigenvalue weighted by molar-refractivity contribution is 0.103. The van der Waals surface area contributed by atoms with E-state index in [4.69, 9.17) is 16.3 Å². The largest absolute Gasteiger partial charge is 0.497 e. The average Bonchev–Trinajstić information content (AvgIpc) is 2.41. The maximum absolute atomic E-state index is 12.4. The lowest BCUT2D eigenvalue weighted by Gasteiger charge is -2.08. The first-order valence-electron chi connectivity index (χ1n) is 5.67. The molecule has 0 amide bonds. The van der Waals surface area contributed by atoms with E-state index >= 15 is 0 Å². The van der Waals surface area contributed by atoms with Crippen LogP contribution in [0.25, 0.3) is 0 Å². The Morgan fingerprint density at radius 3 is 2.53 bits per heavy atom. The zero-order valence-corrected chi connectivity index (χ0v) is 12.9. The van der Waals surface area contributed by atoms with Gasteiger partial charge in [-0.3, -0.25) is 4.79 Å². The molecule has 0 atom stereocenters. The summed E-state index contributed by atoms with van der Waals surface area (Å²) in [6.07, 6.45) is 0. The van der Waals surface area contributed by atoms with Crippen LogP contribution in [0.3, 0.4) is 0 Å². The average molecular weight is 340 g/mol. The third kappa shape index (κ3) is 2.99. The minimum absolute atomic E-state index is 0.0467. The molecule has 0 aliphatic heterocycles. The van der Waals surface area contributed by atoms with E-state index in [1.165, 1.54) is 0 Å². The summed E-state index contributed by atoms with van der Waals surface area (Å²) in [6.45, 7) is 1.89. The van der Waals surface area contributed by atoms with Gasteiger partial charge in [-0.15, -0.1) is 0 Å². The Balaban J connectivity index is 2.41. The molecule has 98 valence electrons. The van der Waals surface area contributed by atoms with Gasteiger partial charge in [0.25, 0.3) is 0 Å². The van der Waals surface area contributed by atoms with Crippen LogP contribution < -0.4 is 4.74 Å². The fourth-order valence-corrected chi connectivity index (χ4v) is 2.24. The third-order valence-corrected chi connectivity index (χ3v) is 4.09. The van der Waals surface area contributed by atoms with Crippen molar-refractivity contribution in [3.8, 4) is 5.75 Å². The van der Waals surface area contributed by atoms with Crippen LogP contribution in [-0.2, 0) is 0 Å². The van der Waals surface area contributed by atoms with Crippen molar-refractivity contribution in [1.82, 2.24) is 0 Å². The highest BCUT2D eigenvalue weighted by Gasteiger charge is 2.13. The van der Waals surface area contributed by atoms with E-state index in [9.17, 15) is 4.79 Å². The molecule has 19 heavy (non-hydrogen) atoms. The van der Waals surface area contributed by atoms with Crippen molar-refractivity contribution in [3.63, 3.8) is 0 Å². The van der Waals surface area contributed by atoms with Crippen LogP contribution in [0.4, 0.5) is 0 Å². The fourth-order valence-electron chi connectivity index (χ4n) is 1.81. The van der Waals surface area contributed by atoms with Crippen molar-refractivity contribution in [2.24, 2.45) is 0 Å². The van der Waals surface area contributed by atoms with E-state index in [2.05, 4.69) is 15.9 Å². The molecule has 0 radical (unpaired) electrons. The molecule has 2 rings (SSSR count). The Bertz CT molecular complexity index is 638. The standard InChI is InChI=1S/C15H12BrClO2/c1-9-7-11(19-2)4-5-12(9)15(18)10-3-6-13(16)14(17)8-10/h3-8H,1-2H3. The van der Waals surface area contributed by atoms with Crippen LogP contribution in [0.2, 0.25) is 5.02 Å². The summed E-state index contributed by atoms with van der Waals surface area (Å²) in [7, 11) is 1.60. The molecule has 0 aliphatic carbocycles. The molecule has 2 aromatic rings. The number of carbonyl (C=O) groups is 1. The summed E-state index contributed by atoms with van der Waals surface area (Å²) in [5.74, 6) is 0.692. The van der Waals surface area contributed by atoms with E-state index in [1.807, 2.05) is 13.0 Å². The molecule has 2 aromatic carbocycles. The van der Waals surface area contributed by atoms with Crippen molar-refractivity contribution >= 4 is 33.3 Å². The lowest BCUT2D eigenvalue weighted by atomic mass is 9.99. The number of halogens is 2. The fraction of sp³-hybridized carbons (Fsp3) is 0.133. The van der Waals surface area contributed by atoms with E-state index < -0.39 is 0 Å². The number of methoxy groups -OCH3 is 1. The topological polar surface area (TPSA) is 26.3 Å². The van der Waals surface area contributed by atoms with E-state index in [0.717, 1.165) is 15.8 Å². The van der Waals surface area contributed by atoms with Crippen molar-refractivity contribution in [2.75, 3.05) is 7.11 Å². The number of rotatable bonds is 3. The van der Waals surface area contributed by atoms with Gasteiger partial charge in [-0.25, -0.2) is 0 Å². The molecular weight excluding hydrogens is 328 g/mol. The maximum Gasteiger partial charge on any atom is 0.193 e. The molecular formula is C15H12BrClO2. The van der Waals surface area contributed by atoms with E-state index in [-0.39, 0.29) is 5.78 Å². The molecule has 0 heterocycles. The molecule has 0 unspecified atom stereocenters. The summed E-state index contributed by atoms with van der Waals surface area (Å²) < 4.78 is 5.91. The van der Waals surface area contributed by atoms with Crippen molar-refractivity contribution < 1.29 is 9.53 Å². The van der Waals surface area contributed by atoms with Crippen molar-refractivity contribution in [2.45, 2.75) is 6.92 Å². The highest BCUT2D eigenvalue weighted by molar-refractivity contribution is 9.10. The monoisotopic (exact) mass is 338 g/mol. The molecule has 0 aromatic heterocycles. The Kier molecular flexibility index (Phi) is 4.27. The molecule has 0 saturated heterocycles. The predicted octanol–water partition coefficient (Wildman–Crippen LogP) is 4.65. The molecule has 0 aliphatic rings. The summed E-state index contributed by atoms with van der Waals surface area (Å²) >= 11 is 9.32. The summed E-state index contributed by atoms with van der Waals surface area (Å²) in [4.78, 5) is 12.4. The van der Waals surface area contributed by atoms with Gasteiger partial charge in [-0.2, -0.15) is 0 Å². The van der Waals surface area contributed by atoms with Crippen LogP contribution in [0.15, 0.2) is 40.9 Å². The number of hydrogen-bond acceptors (Lipinski definition) is 2. The Labute approximate surface area is 125 Å². The minimum atomic E-state index is -0.0467. The number of hydrogen-bond donors (Lipinski definition) is 0. The van der Waals surface area contributed by atoms with Gasteiger partial charge < -0.3 is 4.74 Å². The van der Waals surface area contributed by atoms with Crippen molar-refractivity contribution in [1.29, 1.82) is 0 Å². The van der Waals surface area contributed by atoms with Gasteiger partial charge in [0.15, 0.2) is 5.78 Å². The van der Waals surface area contributed by atoms with Crippen LogP contribution in [0.1, 0.15) is 21.5 Å². The molecule has 2 nitrogen and oxygen atoms in total. The Hall–Kier alpha value is -1.32. The SMILES string of the molecule is COc1ccc(C(=O)c2ccc(Br)c(Cl)c2)c(C)c1. The van der Waals surface area contributed by atoms with Gasteiger partial charge in [0, 0.05) is 15.6 Å². The zero-order valence-electron chi connectivity index (χ0n) is 10.5. The number of ether oxygens (including phenoxy) is 1. The van der Waals surface area contributed by atoms with Crippen LogP contribution >= 0.6 is 27.5 Å². The number of benzene rings is 2. The summed E-state index contributed by atoms with van der Waals surface area (Å²) in [6, 6.07) is 10.6. The molecule has 4 heteroatoms. The highest BCUT2D eigenvalue weighted by atomic mass is 79.9. The van der Waals surface area contributed by atoms with Crippen molar-refractivity contribution in [3.05, 3.63) is 62.6 Å². The molecule has 0 spiro atoms. The van der Waals surface area contributed by atoms with Gasteiger partial charge in [0.05, 0.1) is 12.1 Å². The first-order chi connectivity index (χ1) is 9.02. The van der Waals surface area contributed by atoms with Gasteiger partial charge >= 0.3 is 0 Å². The second-order valence-corrected chi connectivity index (χ2v) is 5.40. The third-order valence-electron chi connectivity index (χ3n) is 2.86. The second-order valence-electron chi connectivity index (χ2n) is 4.14. The Morgan fingerprint density at radius 1 is 1.21 bits per heavy atom. The first kappa shape index (κ1) is 14.1. The summed E-state index contributed by atoms with van der Waals surface area (Å²) in [5.41, 5.74) is 2.10. The van der Waals surface area contributed by atoms with Gasteiger partial charge in [-0.05, 0) is 64.8 Å². The lowest BCUT2D eigenvalue weighted by Crippen LogP contribution is -2.04. The molecule has 0 bridgehead atoms. The first-order valence-corrected chi connectivity index (χ1v) is 6.84. The van der Waals surface area contributed by atoms with Gasteiger partial charge in [0.2, 0.25) is 0 Å². The normalized spacial score (nSPS) is 10.3. The minimum Gasteiger partial charge on any atom is -0.497 e. The predicted molar refractivity (Wildman–Crippen MR) is 80.3 cm³/mol. The van der Waals surface area contributed by atoms with Gasteiger partial charge in [-0.1, -0.05) is 11.6 Å². The summed E-state index contributed by atoms with van der Waals surface area (Å²) in [5, 5.41) is 0.525. The highest BCUT2D eigenvalue weighted by Crippen LogP contribution is 2.26. The zero-order chi connectivity index (χ0) is 14.0. The van der Waals surface area contributed by atoms with E-state index in [1.54, 1.807) is 37.4 Å². The number of ketones is 1. The Morgan fingerprint density at radius 2 is 1.95 bits per heavy atom. The smallest absolute Gasteiger partial charge is 0.193 e. The number of carbonyl (C=O) groups excluding carboxylic acids is 1. The van der Waals surface area contributed by atoms with E-state index in [0.29, 0.717) is 16.1 Å². The van der Waals surface area contributed by atoms with Gasteiger partial charge in [0.1, 0.15) is 5.75 Å². The quantitative estimate of drug-likeness (QED) is 0.761. The maximum atomic E-state index is 12.4. The van der Waals surface area contributed by atoms with Crippen LogP contribution in [-0.4, -0.2) is 12.9 Å². The molecule has 0 saturated carbocycles. The van der Waals surface area contributed by atoms with Crippen LogP contribution in [0.5, 0.6) is 5.75 Å². The number of aryl methyl sites for hydroxylation is 1. The molecule has 0 fully saturated rings. The second kappa shape index (κ2) is 5.76. The van der Waals surface area contributed by atoms with Crippen LogP contribution in [0, 0.1) is 6.92 Å².